The molecule has 1 aromatic heterocycles. The molecular formula is C9H13N3O2. The van der Waals surface area contributed by atoms with Gasteiger partial charge in [0.1, 0.15) is 0 Å². The van der Waals surface area contributed by atoms with Gasteiger partial charge in [0, 0.05) is 11.6 Å². The van der Waals surface area contributed by atoms with Crippen LogP contribution in [0.15, 0.2) is 12.3 Å². The highest BCUT2D eigenvalue weighted by atomic mass is 16.4. The molecule has 76 valence electrons. The van der Waals surface area contributed by atoms with E-state index in [9.17, 15) is 4.79 Å². The van der Waals surface area contributed by atoms with E-state index in [1.807, 2.05) is 13.8 Å². The number of hydrogen-bond acceptors (Lipinski definition) is 4. The van der Waals surface area contributed by atoms with Crippen molar-refractivity contribution in [2.75, 3.05) is 5.73 Å². The summed E-state index contributed by atoms with van der Waals surface area (Å²) < 4.78 is 0. The topological polar surface area (TPSA) is 89.1 Å². The molecular weight excluding hydrogens is 182 g/mol. The Kier molecular flexibility index (Phi) is 2.69. The monoisotopic (exact) mass is 195 g/mol. The molecule has 1 rings (SSSR count). The van der Waals surface area contributed by atoms with Crippen LogP contribution in [0.5, 0.6) is 0 Å². The molecule has 0 saturated carbocycles. The second-order valence-corrected chi connectivity index (χ2v) is 3.75. The Bertz CT molecular complexity index is 350. The number of rotatable bonds is 3. The summed E-state index contributed by atoms with van der Waals surface area (Å²) in [5.41, 5.74) is 5.54. The van der Waals surface area contributed by atoms with E-state index in [0.29, 0.717) is 5.69 Å². The second kappa shape index (κ2) is 3.61. The Balaban J connectivity index is 2.97. The number of nitrogens with zero attached hydrogens (tertiary/aromatic N) is 2. The number of aromatic nitrogens is 2. The van der Waals surface area contributed by atoms with Gasteiger partial charge in [0.2, 0.25) is 5.95 Å². The number of nitrogens with two attached hydrogens (primary N) is 1. The van der Waals surface area contributed by atoms with Crippen LogP contribution < -0.4 is 5.73 Å². The van der Waals surface area contributed by atoms with Crippen LogP contribution in [0.4, 0.5) is 5.95 Å². The van der Waals surface area contributed by atoms with Crippen LogP contribution >= 0.6 is 0 Å². The van der Waals surface area contributed by atoms with Gasteiger partial charge in [-0.2, -0.15) is 0 Å². The molecule has 0 amide bonds. The average molecular weight is 195 g/mol. The van der Waals surface area contributed by atoms with Crippen molar-refractivity contribution in [3.8, 4) is 0 Å². The number of carboxylic acids is 1. The molecule has 0 aliphatic rings. The van der Waals surface area contributed by atoms with E-state index < -0.39 is 11.4 Å². The summed E-state index contributed by atoms with van der Waals surface area (Å²) in [6.45, 7) is 3.62. The molecule has 0 bridgehead atoms. The average Bonchev–Trinajstić information content (AvgIpc) is 2.01. The van der Waals surface area contributed by atoms with Crippen LogP contribution in [0.25, 0.3) is 0 Å². The molecule has 0 aromatic carbocycles. The molecule has 3 N–H and O–H groups in total. The maximum absolute atomic E-state index is 10.6. The SMILES string of the molecule is CC(C)(CC(=O)O)c1ccnc(N)n1. The molecule has 0 unspecified atom stereocenters. The number of nitrogen functional groups attached to an aromatic ring is 1. The smallest absolute Gasteiger partial charge is 0.304 e. The predicted octanol–water partition coefficient (Wildman–Crippen LogP) is 0.811. The molecule has 0 radical (unpaired) electrons. The minimum absolute atomic E-state index is 0.0173. The van der Waals surface area contributed by atoms with Gasteiger partial charge in [0.05, 0.1) is 12.1 Å². The van der Waals surface area contributed by atoms with E-state index in [2.05, 4.69) is 9.97 Å². The van der Waals surface area contributed by atoms with Gasteiger partial charge in [-0.3, -0.25) is 4.79 Å². The fraction of sp³-hybridized carbons (Fsp3) is 0.444. The van der Waals surface area contributed by atoms with E-state index in [-0.39, 0.29) is 12.4 Å². The summed E-state index contributed by atoms with van der Waals surface area (Å²) in [5.74, 6) is -0.687. The molecule has 0 atom stereocenters. The fourth-order valence-corrected chi connectivity index (χ4v) is 1.22. The lowest BCUT2D eigenvalue weighted by Gasteiger charge is -2.21. The second-order valence-electron chi connectivity index (χ2n) is 3.75. The molecule has 0 spiro atoms. The lowest BCUT2D eigenvalue weighted by molar-refractivity contribution is -0.138. The lowest BCUT2D eigenvalue weighted by Crippen LogP contribution is -2.23. The van der Waals surface area contributed by atoms with Crippen LogP contribution in [0.1, 0.15) is 26.0 Å². The maximum Gasteiger partial charge on any atom is 0.304 e. The Labute approximate surface area is 82.0 Å². The van der Waals surface area contributed by atoms with Gasteiger partial charge >= 0.3 is 5.97 Å². The summed E-state index contributed by atoms with van der Waals surface area (Å²) in [4.78, 5) is 18.4. The largest absolute Gasteiger partial charge is 0.481 e. The molecule has 1 heterocycles. The molecule has 0 saturated heterocycles. The first kappa shape index (κ1) is 10.4. The van der Waals surface area contributed by atoms with Gasteiger partial charge in [-0.05, 0) is 6.07 Å². The Morgan fingerprint density at radius 1 is 1.64 bits per heavy atom. The summed E-state index contributed by atoms with van der Waals surface area (Å²) in [5, 5.41) is 8.71. The van der Waals surface area contributed by atoms with E-state index in [0.717, 1.165) is 0 Å². The van der Waals surface area contributed by atoms with Crippen molar-refractivity contribution in [2.45, 2.75) is 25.7 Å². The number of anilines is 1. The van der Waals surface area contributed by atoms with Crippen molar-refractivity contribution < 1.29 is 9.90 Å². The predicted molar refractivity (Wildman–Crippen MR) is 51.7 cm³/mol. The molecule has 1 aromatic rings. The first-order chi connectivity index (χ1) is 6.42. The van der Waals surface area contributed by atoms with Crippen molar-refractivity contribution >= 4 is 11.9 Å². The van der Waals surface area contributed by atoms with Crippen LogP contribution in [0, 0.1) is 0 Å². The molecule has 0 aliphatic heterocycles. The number of hydrogen-bond donors (Lipinski definition) is 2. The van der Waals surface area contributed by atoms with Gasteiger partial charge in [-0.1, -0.05) is 13.8 Å². The van der Waals surface area contributed by atoms with Crippen molar-refractivity contribution in [1.29, 1.82) is 0 Å². The highest BCUT2D eigenvalue weighted by molar-refractivity contribution is 5.68. The standard InChI is InChI=1S/C9H13N3O2/c1-9(2,5-7(13)14)6-3-4-11-8(10)12-6/h3-4H,5H2,1-2H3,(H,13,14)(H2,10,11,12). The molecule has 5 nitrogen and oxygen atoms in total. The zero-order chi connectivity index (χ0) is 10.8. The van der Waals surface area contributed by atoms with Crippen LogP contribution in [-0.2, 0) is 10.2 Å². The maximum atomic E-state index is 10.6. The minimum Gasteiger partial charge on any atom is -0.481 e. The van der Waals surface area contributed by atoms with Gasteiger partial charge in [-0.25, -0.2) is 9.97 Å². The van der Waals surface area contributed by atoms with Gasteiger partial charge in [-0.15, -0.1) is 0 Å². The zero-order valence-electron chi connectivity index (χ0n) is 8.19. The minimum atomic E-state index is -0.854. The van der Waals surface area contributed by atoms with Crippen LogP contribution in [0.3, 0.4) is 0 Å². The number of carbonyl (C=O) groups is 1. The molecule has 14 heavy (non-hydrogen) atoms. The molecule has 0 fully saturated rings. The van der Waals surface area contributed by atoms with E-state index in [1.165, 1.54) is 6.20 Å². The quantitative estimate of drug-likeness (QED) is 0.745. The van der Waals surface area contributed by atoms with Crippen molar-refractivity contribution in [3.63, 3.8) is 0 Å². The van der Waals surface area contributed by atoms with E-state index in [1.54, 1.807) is 6.07 Å². The number of carboxylic acid groups (broad SMARTS) is 1. The zero-order valence-corrected chi connectivity index (χ0v) is 8.19. The van der Waals surface area contributed by atoms with Gasteiger partial charge in [0.25, 0.3) is 0 Å². The van der Waals surface area contributed by atoms with Gasteiger partial charge in [0.15, 0.2) is 0 Å². The van der Waals surface area contributed by atoms with Crippen LogP contribution in [-0.4, -0.2) is 21.0 Å². The first-order valence-corrected chi connectivity index (χ1v) is 4.22. The lowest BCUT2D eigenvalue weighted by atomic mass is 9.85. The molecule has 5 heteroatoms. The summed E-state index contributed by atoms with van der Waals surface area (Å²) in [6, 6.07) is 1.68. The third-order valence-electron chi connectivity index (χ3n) is 1.96. The van der Waals surface area contributed by atoms with Crippen molar-refractivity contribution in [3.05, 3.63) is 18.0 Å². The highest BCUT2D eigenvalue weighted by Gasteiger charge is 2.25. The Hall–Kier alpha value is -1.65. The third-order valence-corrected chi connectivity index (χ3v) is 1.96. The Morgan fingerprint density at radius 3 is 2.79 bits per heavy atom. The van der Waals surface area contributed by atoms with Crippen molar-refractivity contribution in [1.82, 2.24) is 9.97 Å². The summed E-state index contributed by atoms with van der Waals surface area (Å²) in [6.07, 6.45) is 1.55. The highest BCUT2D eigenvalue weighted by Crippen LogP contribution is 2.24. The van der Waals surface area contributed by atoms with Gasteiger partial charge < -0.3 is 10.8 Å². The Morgan fingerprint density at radius 2 is 2.29 bits per heavy atom. The summed E-state index contributed by atoms with van der Waals surface area (Å²) in [7, 11) is 0. The summed E-state index contributed by atoms with van der Waals surface area (Å²) >= 11 is 0. The van der Waals surface area contributed by atoms with Crippen molar-refractivity contribution in [2.24, 2.45) is 0 Å². The van der Waals surface area contributed by atoms with E-state index in [4.69, 9.17) is 10.8 Å². The normalized spacial score (nSPS) is 11.3. The molecule has 0 aliphatic carbocycles. The fourth-order valence-electron chi connectivity index (χ4n) is 1.22. The third kappa shape index (κ3) is 2.42. The first-order valence-electron chi connectivity index (χ1n) is 4.22. The van der Waals surface area contributed by atoms with Crippen LogP contribution in [0.2, 0.25) is 0 Å². The number of aliphatic carboxylic acids is 1. The van der Waals surface area contributed by atoms with E-state index >= 15 is 0 Å².